The number of para-hydroxylation sites is 1. The molecule has 0 bridgehead atoms. The van der Waals surface area contributed by atoms with E-state index in [2.05, 4.69) is 10.1 Å². The van der Waals surface area contributed by atoms with Crippen LogP contribution in [0.3, 0.4) is 0 Å². The third kappa shape index (κ3) is 5.52. The minimum atomic E-state index is -0.475. The number of methoxy groups -OCH3 is 1. The lowest BCUT2D eigenvalue weighted by Gasteiger charge is -2.16. The minimum Gasteiger partial charge on any atom is -0.468 e. The Morgan fingerprint density at radius 2 is 1.72 bits per heavy atom. The van der Waals surface area contributed by atoms with Gasteiger partial charge in [0.15, 0.2) is 0 Å². The average molecular weight is 392 g/mol. The maximum absolute atomic E-state index is 12.1. The number of nitrogens with zero attached hydrogens (tertiary/aromatic N) is 3. The zero-order valence-electron chi connectivity index (χ0n) is 16.5. The van der Waals surface area contributed by atoms with Crippen LogP contribution in [0.5, 0.6) is 0 Å². The predicted molar refractivity (Wildman–Crippen MR) is 110 cm³/mol. The smallest absolute Gasteiger partial charge is 0.325 e. The highest BCUT2D eigenvalue weighted by Gasteiger charge is 2.16. The molecule has 1 heterocycles. The van der Waals surface area contributed by atoms with Gasteiger partial charge in [-0.15, -0.1) is 0 Å². The molecule has 7 heteroatoms. The molecular weight excluding hydrogens is 368 g/mol. The monoisotopic (exact) mass is 392 g/mol. The number of benzene rings is 2. The Morgan fingerprint density at radius 3 is 2.38 bits per heavy atom. The minimum absolute atomic E-state index is 0.135. The molecular formula is C22H24N4O3. The van der Waals surface area contributed by atoms with Crippen molar-refractivity contribution in [3.05, 3.63) is 72.4 Å². The quantitative estimate of drug-likeness (QED) is 0.595. The van der Waals surface area contributed by atoms with E-state index in [0.717, 1.165) is 22.5 Å². The van der Waals surface area contributed by atoms with Crippen molar-refractivity contribution in [2.75, 3.05) is 27.2 Å². The molecule has 0 radical (unpaired) electrons. The summed E-state index contributed by atoms with van der Waals surface area (Å²) in [6.45, 7) is 0.550. The predicted octanol–water partition coefficient (Wildman–Crippen LogP) is 2.26. The van der Waals surface area contributed by atoms with Crippen molar-refractivity contribution in [2.24, 2.45) is 0 Å². The number of likely N-dealkylation sites (N-methyl/N-ethyl adjacent to an activating group) is 1. The zero-order valence-corrected chi connectivity index (χ0v) is 16.5. The van der Waals surface area contributed by atoms with Gasteiger partial charge in [-0.3, -0.25) is 14.5 Å². The van der Waals surface area contributed by atoms with E-state index in [9.17, 15) is 9.59 Å². The third-order valence-electron chi connectivity index (χ3n) is 4.37. The van der Waals surface area contributed by atoms with Crippen molar-refractivity contribution in [1.29, 1.82) is 0 Å². The van der Waals surface area contributed by atoms with E-state index >= 15 is 0 Å². The summed E-state index contributed by atoms with van der Waals surface area (Å²) in [7, 11) is 3.14. The fourth-order valence-corrected chi connectivity index (χ4v) is 2.97. The maximum Gasteiger partial charge on any atom is 0.325 e. The van der Waals surface area contributed by atoms with E-state index in [-0.39, 0.29) is 19.0 Å². The highest BCUT2D eigenvalue weighted by atomic mass is 16.5. The first-order chi connectivity index (χ1) is 14.1. The molecule has 0 fully saturated rings. The van der Waals surface area contributed by atoms with Crippen LogP contribution >= 0.6 is 0 Å². The summed E-state index contributed by atoms with van der Waals surface area (Å²) in [6, 6.07) is 19.9. The highest BCUT2D eigenvalue weighted by molar-refractivity contribution is 5.83. The Kier molecular flexibility index (Phi) is 6.76. The molecule has 1 aromatic heterocycles. The summed E-state index contributed by atoms with van der Waals surface area (Å²) in [5.41, 5.74) is 3.86. The van der Waals surface area contributed by atoms with Crippen LogP contribution in [0.15, 0.2) is 66.9 Å². The van der Waals surface area contributed by atoms with Gasteiger partial charge in [0.25, 0.3) is 0 Å². The van der Waals surface area contributed by atoms with Crippen LogP contribution in [-0.2, 0) is 20.9 Å². The summed E-state index contributed by atoms with van der Waals surface area (Å²) < 4.78 is 6.38. The molecule has 2 aromatic carbocycles. The topological polar surface area (TPSA) is 76.5 Å². The van der Waals surface area contributed by atoms with Crippen LogP contribution in [0.2, 0.25) is 0 Å². The first-order valence-corrected chi connectivity index (χ1v) is 9.28. The number of hydrogen-bond acceptors (Lipinski definition) is 5. The van der Waals surface area contributed by atoms with Crippen molar-refractivity contribution in [2.45, 2.75) is 6.54 Å². The molecule has 1 amide bonds. The number of carbonyl (C=O) groups is 2. The fraction of sp³-hybridized carbons (Fsp3) is 0.227. The number of rotatable bonds is 8. The van der Waals surface area contributed by atoms with Gasteiger partial charge in [-0.25, -0.2) is 4.68 Å². The molecule has 0 aliphatic heterocycles. The molecule has 0 spiro atoms. The molecule has 29 heavy (non-hydrogen) atoms. The van der Waals surface area contributed by atoms with E-state index in [1.807, 2.05) is 83.5 Å². The molecule has 0 saturated heterocycles. The van der Waals surface area contributed by atoms with Gasteiger partial charge in [0.1, 0.15) is 6.54 Å². The van der Waals surface area contributed by atoms with Crippen LogP contribution in [-0.4, -0.2) is 53.8 Å². The molecule has 0 saturated carbocycles. The maximum atomic E-state index is 12.1. The largest absolute Gasteiger partial charge is 0.468 e. The Morgan fingerprint density at radius 1 is 1.07 bits per heavy atom. The number of amides is 1. The van der Waals surface area contributed by atoms with Crippen molar-refractivity contribution in [3.8, 4) is 16.9 Å². The zero-order chi connectivity index (χ0) is 20.6. The van der Waals surface area contributed by atoms with Crippen LogP contribution < -0.4 is 5.32 Å². The summed E-state index contributed by atoms with van der Waals surface area (Å²) >= 11 is 0. The van der Waals surface area contributed by atoms with Crippen LogP contribution in [0.4, 0.5) is 0 Å². The highest BCUT2D eigenvalue weighted by Crippen LogP contribution is 2.24. The summed E-state index contributed by atoms with van der Waals surface area (Å²) in [5, 5.41) is 7.33. The second-order valence-corrected chi connectivity index (χ2v) is 6.67. The molecule has 0 aliphatic rings. The molecule has 150 valence electrons. The van der Waals surface area contributed by atoms with E-state index in [4.69, 9.17) is 5.10 Å². The number of ether oxygens (including phenoxy) is 1. The van der Waals surface area contributed by atoms with Crippen LogP contribution in [0.25, 0.3) is 16.9 Å². The van der Waals surface area contributed by atoms with Crippen LogP contribution in [0, 0.1) is 0 Å². The second kappa shape index (κ2) is 9.66. The molecule has 0 unspecified atom stereocenters. The van der Waals surface area contributed by atoms with Gasteiger partial charge >= 0.3 is 5.97 Å². The summed E-state index contributed by atoms with van der Waals surface area (Å²) in [4.78, 5) is 25.1. The number of nitrogens with one attached hydrogen (secondary N) is 1. The number of aromatic nitrogens is 2. The number of carbonyl (C=O) groups excluding carboxylic acids is 2. The average Bonchev–Trinajstić information content (AvgIpc) is 3.16. The SMILES string of the molecule is COC(=O)CNC(=O)CN(C)Cc1cn(-c2ccccc2)nc1-c1ccccc1. The summed E-state index contributed by atoms with van der Waals surface area (Å²) in [6.07, 6.45) is 1.99. The van der Waals surface area contributed by atoms with E-state index in [1.165, 1.54) is 7.11 Å². The van der Waals surface area contributed by atoms with E-state index in [1.54, 1.807) is 0 Å². The Labute approximate surface area is 169 Å². The van der Waals surface area contributed by atoms with Crippen molar-refractivity contribution < 1.29 is 14.3 Å². The standard InChI is InChI=1S/C22H24N4O3/c1-25(16-20(27)23-13-21(28)29-2)14-18-15-26(19-11-7-4-8-12-19)24-22(18)17-9-5-3-6-10-17/h3-12,15H,13-14,16H2,1-2H3,(H,23,27). The van der Waals surface area contributed by atoms with Gasteiger partial charge in [-0.05, 0) is 19.2 Å². The molecule has 0 aliphatic carbocycles. The van der Waals surface area contributed by atoms with E-state index < -0.39 is 5.97 Å². The lowest BCUT2D eigenvalue weighted by Crippen LogP contribution is -2.37. The Hall–Kier alpha value is -3.45. The number of esters is 1. The molecule has 1 N–H and O–H groups in total. The molecule has 0 atom stereocenters. The molecule has 3 rings (SSSR count). The van der Waals surface area contributed by atoms with Gasteiger partial charge in [0.05, 0.1) is 25.0 Å². The lowest BCUT2D eigenvalue weighted by atomic mass is 10.1. The van der Waals surface area contributed by atoms with Gasteiger partial charge in [0, 0.05) is 23.9 Å². The molecule has 7 nitrogen and oxygen atoms in total. The van der Waals surface area contributed by atoms with Crippen molar-refractivity contribution in [3.63, 3.8) is 0 Å². The Bertz CT molecular complexity index is 955. The fourth-order valence-electron chi connectivity index (χ4n) is 2.97. The van der Waals surface area contributed by atoms with Gasteiger partial charge in [0.2, 0.25) is 5.91 Å². The third-order valence-corrected chi connectivity index (χ3v) is 4.37. The van der Waals surface area contributed by atoms with Gasteiger partial charge in [-0.2, -0.15) is 5.10 Å². The normalized spacial score (nSPS) is 10.7. The summed E-state index contributed by atoms with van der Waals surface area (Å²) in [5.74, 6) is -0.717. The Balaban J connectivity index is 1.77. The van der Waals surface area contributed by atoms with Crippen molar-refractivity contribution >= 4 is 11.9 Å². The van der Waals surface area contributed by atoms with Crippen LogP contribution in [0.1, 0.15) is 5.56 Å². The van der Waals surface area contributed by atoms with Crippen molar-refractivity contribution in [1.82, 2.24) is 20.0 Å². The molecule has 3 aromatic rings. The van der Waals surface area contributed by atoms with E-state index in [0.29, 0.717) is 6.54 Å². The lowest BCUT2D eigenvalue weighted by molar-refractivity contribution is -0.141. The van der Waals surface area contributed by atoms with Gasteiger partial charge < -0.3 is 10.1 Å². The number of hydrogen-bond donors (Lipinski definition) is 1. The second-order valence-electron chi connectivity index (χ2n) is 6.67. The first-order valence-electron chi connectivity index (χ1n) is 9.28. The first kappa shape index (κ1) is 20.3. The van der Waals surface area contributed by atoms with Gasteiger partial charge in [-0.1, -0.05) is 48.5 Å².